The van der Waals surface area contributed by atoms with Crippen LogP contribution in [0.3, 0.4) is 0 Å². The van der Waals surface area contributed by atoms with E-state index in [9.17, 15) is 4.79 Å². The van der Waals surface area contributed by atoms with Crippen molar-refractivity contribution in [2.45, 2.75) is 43.7 Å². The topological polar surface area (TPSA) is 79.8 Å². The molecule has 1 unspecified atom stereocenters. The number of nitrogen functional groups attached to an aromatic ring is 1. The molecule has 132 valence electrons. The Morgan fingerprint density at radius 2 is 2.12 bits per heavy atom. The molecule has 3 aliphatic heterocycles. The summed E-state index contributed by atoms with van der Waals surface area (Å²) in [6.45, 7) is 2.86. The summed E-state index contributed by atoms with van der Waals surface area (Å²) in [7, 11) is 0. The Morgan fingerprint density at radius 1 is 1.24 bits per heavy atom. The van der Waals surface area contributed by atoms with E-state index in [1.807, 2.05) is 10.6 Å². The van der Waals surface area contributed by atoms with Crippen LogP contribution in [0.5, 0.6) is 0 Å². The minimum absolute atomic E-state index is 0.110. The number of piperazine rings is 1. The predicted molar refractivity (Wildman–Crippen MR) is 97.2 cm³/mol. The second kappa shape index (κ2) is 5.67. The fourth-order valence-electron chi connectivity index (χ4n) is 4.81. The van der Waals surface area contributed by atoms with E-state index in [2.05, 4.69) is 30.7 Å². The van der Waals surface area contributed by atoms with Crippen molar-refractivity contribution in [1.29, 1.82) is 0 Å². The first kappa shape index (κ1) is 15.6. The minimum Gasteiger partial charge on any atom is -0.382 e. The van der Waals surface area contributed by atoms with E-state index in [1.165, 1.54) is 0 Å². The highest BCUT2D eigenvalue weighted by Gasteiger charge is 2.45. The molecule has 2 aromatic rings. The number of hydrogen-bond acceptors (Lipinski definition) is 5. The molecular weight excluding hydrogens is 384 g/mol. The summed E-state index contributed by atoms with van der Waals surface area (Å²) in [5, 5.41) is 0. The third-order valence-corrected chi connectivity index (χ3v) is 6.57. The van der Waals surface area contributed by atoms with Gasteiger partial charge < -0.3 is 10.6 Å². The molecule has 25 heavy (non-hydrogen) atoms. The highest BCUT2D eigenvalue weighted by molar-refractivity contribution is 9.10. The molecule has 0 radical (unpaired) electrons. The molecule has 0 spiro atoms. The van der Waals surface area contributed by atoms with E-state index in [0.29, 0.717) is 17.8 Å². The van der Waals surface area contributed by atoms with Gasteiger partial charge in [-0.15, -0.1) is 0 Å². The maximum absolute atomic E-state index is 13.0. The molecule has 0 saturated carbocycles. The Labute approximate surface area is 154 Å². The van der Waals surface area contributed by atoms with E-state index in [0.717, 1.165) is 61.3 Å². The van der Waals surface area contributed by atoms with Crippen LogP contribution in [-0.2, 0) is 4.79 Å². The molecule has 3 saturated heterocycles. The number of piperidine rings is 1. The lowest BCUT2D eigenvalue weighted by atomic mass is 9.89. The van der Waals surface area contributed by atoms with E-state index in [4.69, 9.17) is 10.7 Å². The highest BCUT2D eigenvalue weighted by Crippen LogP contribution is 2.37. The maximum atomic E-state index is 13.0. The summed E-state index contributed by atoms with van der Waals surface area (Å²) < 4.78 is 2.75. The summed E-state index contributed by atoms with van der Waals surface area (Å²) in [4.78, 5) is 26.3. The number of halogens is 1. The number of hydrogen-bond donors (Lipinski definition) is 1. The van der Waals surface area contributed by atoms with Crippen molar-refractivity contribution in [2.24, 2.45) is 0 Å². The first-order chi connectivity index (χ1) is 12.1. The maximum Gasteiger partial charge on any atom is 0.240 e. The molecule has 8 heteroatoms. The number of nitrogens with two attached hydrogens (primary N) is 1. The zero-order valence-corrected chi connectivity index (χ0v) is 15.5. The van der Waals surface area contributed by atoms with Crippen LogP contribution >= 0.6 is 15.9 Å². The Balaban J connectivity index is 1.47. The molecule has 7 nitrogen and oxygen atoms in total. The van der Waals surface area contributed by atoms with Crippen molar-refractivity contribution in [3.8, 4) is 0 Å². The van der Waals surface area contributed by atoms with Crippen LogP contribution in [0.2, 0.25) is 0 Å². The lowest BCUT2D eigenvalue weighted by Gasteiger charge is -2.47. The van der Waals surface area contributed by atoms with Crippen LogP contribution in [0.4, 0.5) is 5.82 Å². The number of aromatic nitrogens is 3. The van der Waals surface area contributed by atoms with Gasteiger partial charge in [-0.05, 0) is 48.2 Å². The summed E-state index contributed by atoms with van der Waals surface area (Å²) in [6, 6.07) is 0.470. The lowest BCUT2D eigenvalue weighted by molar-refractivity contribution is -0.146. The number of fused-ring (bicyclic) bond motifs is 3. The zero-order valence-electron chi connectivity index (χ0n) is 13.9. The van der Waals surface area contributed by atoms with Crippen molar-refractivity contribution < 1.29 is 4.79 Å². The second-order valence-corrected chi connectivity index (χ2v) is 8.11. The van der Waals surface area contributed by atoms with Crippen LogP contribution in [0.25, 0.3) is 5.52 Å². The molecule has 0 bridgehead atoms. The van der Waals surface area contributed by atoms with Crippen molar-refractivity contribution >= 4 is 33.2 Å². The largest absolute Gasteiger partial charge is 0.382 e. The Bertz CT molecular complexity index is 851. The van der Waals surface area contributed by atoms with Gasteiger partial charge in [0.1, 0.15) is 15.9 Å². The quantitative estimate of drug-likeness (QED) is 0.780. The van der Waals surface area contributed by atoms with Gasteiger partial charge in [-0.3, -0.25) is 14.1 Å². The Kier molecular flexibility index (Phi) is 3.53. The fourth-order valence-corrected chi connectivity index (χ4v) is 5.39. The third-order valence-electron chi connectivity index (χ3n) is 6.02. The molecule has 3 aliphatic rings. The second-order valence-electron chi connectivity index (χ2n) is 7.36. The summed E-state index contributed by atoms with van der Waals surface area (Å²) in [5.74, 6) is 1.99. The smallest absolute Gasteiger partial charge is 0.240 e. The number of rotatable bonds is 1. The van der Waals surface area contributed by atoms with Gasteiger partial charge in [-0.1, -0.05) is 0 Å². The van der Waals surface area contributed by atoms with E-state index in [1.54, 1.807) is 6.20 Å². The van der Waals surface area contributed by atoms with Gasteiger partial charge in [-0.2, -0.15) is 0 Å². The van der Waals surface area contributed by atoms with Gasteiger partial charge in [-0.25, -0.2) is 9.97 Å². The Hall–Kier alpha value is -1.67. The minimum atomic E-state index is 0.110. The normalized spacial score (nSPS) is 29.9. The number of carbonyl (C=O) groups excluding carboxylic acids is 1. The van der Waals surface area contributed by atoms with Crippen molar-refractivity contribution in [3.05, 3.63) is 22.8 Å². The van der Waals surface area contributed by atoms with Crippen molar-refractivity contribution in [1.82, 2.24) is 24.2 Å². The van der Waals surface area contributed by atoms with Gasteiger partial charge in [0.2, 0.25) is 5.91 Å². The SMILES string of the molecule is Nc1nccn2c([C@@H]3CCC4CN5CCC[C@H]5C(=O)N4C3)nc(Br)c12. The van der Waals surface area contributed by atoms with Gasteiger partial charge in [0.05, 0.1) is 6.04 Å². The van der Waals surface area contributed by atoms with E-state index in [-0.39, 0.29) is 12.0 Å². The molecule has 2 N–H and O–H groups in total. The van der Waals surface area contributed by atoms with Crippen molar-refractivity contribution in [3.63, 3.8) is 0 Å². The van der Waals surface area contributed by atoms with Crippen LogP contribution < -0.4 is 5.73 Å². The van der Waals surface area contributed by atoms with Crippen LogP contribution in [-0.4, -0.2) is 61.8 Å². The number of anilines is 1. The molecule has 5 heterocycles. The average molecular weight is 405 g/mol. The number of imidazole rings is 1. The molecule has 5 rings (SSSR count). The standard InChI is InChI=1S/C17H21BrN6O/c18-14-13-15(19)20-5-7-23(13)16(21-14)10-3-4-11-9-22-6-1-2-12(22)17(25)24(11)8-10/h5,7,10-12H,1-4,6,8-9H2,(H2,19,20)/t10-,11?,12+/m1/s1. The Morgan fingerprint density at radius 3 is 3.00 bits per heavy atom. The zero-order chi connectivity index (χ0) is 17.1. The van der Waals surface area contributed by atoms with E-state index < -0.39 is 0 Å². The lowest BCUT2D eigenvalue weighted by Crippen LogP contribution is -2.61. The van der Waals surface area contributed by atoms with Crippen molar-refractivity contribution in [2.75, 3.05) is 25.4 Å². The molecule has 3 atom stereocenters. The molecule has 0 aliphatic carbocycles. The molecule has 3 fully saturated rings. The summed E-state index contributed by atoms with van der Waals surface area (Å²) in [6.07, 6.45) is 7.83. The summed E-state index contributed by atoms with van der Waals surface area (Å²) >= 11 is 3.51. The highest BCUT2D eigenvalue weighted by atomic mass is 79.9. The van der Waals surface area contributed by atoms with Crippen LogP contribution in [0, 0.1) is 0 Å². The predicted octanol–water partition coefficient (Wildman–Crippen LogP) is 1.63. The average Bonchev–Trinajstić information content (AvgIpc) is 3.20. The fraction of sp³-hybridized carbons (Fsp3) is 0.588. The van der Waals surface area contributed by atoms with Gasteiger partial charge in [0.25, 0.3) is 0 Å². The first-order valence-electron chi connectivity index (χ1n) is 8.96. The molecule has 2 aromatic heterocycles. The summed E-state index contributed by atoms with van der Waals surface area (Å²) in [5.41, 5.74) is 6.83. The molecular formula is C17H21BrN6O. The van der Waals surface area contributed by atoms with Gasteiger partial charge >= 0.3 is 0 Å². The van der Waals surface area contributed by atoms with Gasteiger partial charge in [0.15, 0.2) is 5.82 Å². The number of carbonyl (C=O) groups is 1. The number of nitrogens with zero attached hydrogens (tertiary/aromatic N) is 5. The monoisotopic (exact) mass is 404 g/mol. The third kappa shape index (κ3) is 2.30. The number of amides is 1. The van der Waals surface area contributed by atoms with Gasteiger partial charge in [0, 0.05) is 37.4 Å². The van der Waals surface area contributed by atoms with E-state index >= 15 is 0 Å². The molecule has 0 aromatic carbocycles. The first-order valence-corrected chi connectivity index (χ1v) is 9.75. The van der Waals surface area contributed by atoms with Crippen LogP contribution in [0.15, 0.2) is 17.0 Å². The molecule has 1 amide bonds. The van der Waals surface area contributed by atoms with Crippen LogP contribution in [0.1, 0.15) is 37.4 Å².